The summed E-state index contributed by atoms with van der Waals surface area (Å²) in [6.07, 6.45) is 0. The van der Waals surface area contributed by atoms with Crippen LogP contribution < -0.4 is 0 Å². The molecule has 0 aliphatic heterocycles. The standard InChI is InChI=1S/C14H9Cl2N/c15-11-6-10-7-13(9-4-2-1-3-5-9)17-14(10)12(16)8-11/h1-8,17H. The molecule has 0 unspecified atom stereocenters. The van der Waals surface area contributed by atoms with E-state index in [0.29, 0.717) is 10.0 Å². The molecule has 0 amide bonds. The Labute approximate surface area is 109 Å². The maximum absolute atomic E-state index is 6.15. The lowest BCUT2D eigenvalue weighted by Crippen LogP contribution is -1.75. The van der Waals surface area contributed by atoms with E-state index in [1.807, 2.05) is 24.3 Å². The average molecular weight is 262 g/mol. The van der Waals surface area contributed by atoms with Crippen molar-refractivity contribution in [1.29, 1.82) is 0 Å². The summed E-state index contributed by atoms with van der Waals surface area (Å²) in [4.78, 5) is 3.32. The van der Waals surface area contributed by atoms with Gasteiger partial charge >= 0.3 is 0 Å². The van der Waals surface area contributed by atoms with Crippen LogP contribution in [0.25, 0.3) is 22.2 Å². The van der Waals surface area contributed by atoms with E-state index >= 15 is 0 Å². The molecule has 1 nitrogen and oxygen atoms in total. The molecule has 0 spiro atoms. The molecule has 1 N–H and O–H groups in total. The van der Waals surface area contributed by atoms with E-state index in [-0.39, 0.29) is 0 Å². The first-order chi connectivity index (χ1) is 8.24. The maximum Gasteiger partial charge on any atom is 0.0661 e. The van der Waals surface area contributed by atoms with Gasteiger partial charge in [0.25, 0.3) is 0 Å². The van der Waals surface area contributed by atoms with Crippen LogP contribution in [0.2, 0.25) is 10.0 Å². The van der Waals surface area contributed by atoms with Crippen LogP contribution >= 0.6 is 23.2 Å². The smallest absolute Gasteiger partial charge is 0.0661 e. The highest BCUT2D eigenvalue weighted by atomic mass is 35.5. The highest BCUT2D eigenvalue weighted by molar-refractivity contribution is 6.38. The van der Waals surface area contributed by atoms with Gasteiger partial charge in [-0.3, -0.25) is 0 Å². The van der Waals surface area contributed by atoms with Gasteiger partial charge in [-0.05, 0) is 23.8 Å². The molecular weight excluding hydrogens is 253 g/mol. The second kappa shape index (κ2) is 4.10. The van der Waals surface area contributed by atoms with Crippen LogP contribution in [-0.4, -0.2) is 4.98 Å². The highest BCUT2D eigenvalue weighted by Gasteiger charge is 2.07. The monoisotopic (exact) mass is 261 g/mol. The van der Waals surface area contributed by atoms with Crippen LogP contribution in [0.4, 0.5) is 0 Å². The SMILES string of the molecule is Clc1cc(Cl)c2[nH]c(-c3ccccc3)cc2c1. The Kier molecular flexibility index (Phi) is 2.58. The fourth-order valence-electron chi connectivity index (χ4n) is 1.94. The number of hydrogen-bond acceptors (Lipinski definition) is 0. The number of aromatic amines is 1. The van der Waals surface area contributed by atoms with E-state index in [1.54, 1.807) is 6.07 Å². The third-order valence-corrected chi connectivity index (χ3v) is 3.25. The van der Waals surface area contributed by atoms with Crippen molar-refractivity contribution in [2.75, 3.05) is 0 Å². The summed E-state index contributed by atoms with van der Waals surface area (Å²) in [6, 6.07) is 15.8. The molecule has 1 aromatic heterocycles. The van der Waals surface area contributed by atoms with Gasteiger partial charge in [0.15, 0.2) is 0 Å². The van der Waals surface area contributed by atoms with Crippen molar-refractivity contribution < 1.29 is 0 Å². The number of hydrogen-bond donors (Lipinski definition) is 1. The molecule has 3 heteroatoms. The molecule has 17 heavy (non-hydrogen) atoms. The predicted octanol–water partition coefficient (Wildman–Crippen LogP) is 5.14. The van der Waals surface area contributed by atoms with E-state index in [9.17, 15) is 0 Å². The summed E-state index contributed by atoms with van der Waals surface area (Å²) in [6.45, 7) is 0. The van der Waals surface area contributed by atoms with Crippen molar-refractivity contribution in [3.63, 3.8) is 0 Å². The van der Waals surface area contributed by atoms with Crippen molar-refractivity contribution in [3.8, 4) is 11.3 Å². The van der Waals surface area contributed by atoms with E-state index in [4.69, 9.17) is 23.2 Å². The molecule has 0 aliphatic rings. The van der Waals surface area contributed by atoms with Crippen molar-refractivity contribution in [2.45, 2.75) is 0 Å². The molecule has 0 bridgehead atoms. The first kappa shape index (κ1) is 10.7. The average Bonchev–Trinajstić information content (AvgIpc) is 2.74. The zero-order valence-corrected chi connectivity index (χ0v) is 10.4. The number of fused-ring (bicyclic) bond motifs is 1. The van der Waals surface area contributed by atoms with Crippen LogP contribution in [-0.2, 0) is 0 Å². The van der Waals surface area contributed by atoms with Gasteiger partial charge in [-0.15, -0.1) is 0 Å². The minimum Gasteiger partial charge on any atom is -0.353 e. The topological polar surface area (TPSA) is 15.8 Å². The molecule has 0 fully saturated rings. The number of benzene rings is 2. The van der Waals surface area contributed by atoms with Crippen LogP contribution in [0.15, 0.2) is 48.5 Å². The number of halogens is 2. The first-order valence-electron chi connectivity index (χ1n) is 5.27. The van der Waals surface area contributed by atoms with Gasteiger partial charge in [-0.2, -0.15) is 0 Å². The van der Waals surface area contributed by atoms with Crippen LogP contribution in [0, 0.1) is 0 Å². The fraction of sp³-hybridized carbons (Fsp3) is 0. The summed E-state index contributed by atoms with van der Waals surface area (Å²) < 4.78 is 0. The molecule has 3 aromatic rings. The molecule has 0 saturated heterocycles. The Hall–Kier alpha value is -1.44. The third-order valence-electron chi connectivity index (χ3n) is 2.73. The number of nitrogens with one attached hydrogen (secondary N) is 1. The molecule has 1 heterocycles. The normalized spacial score (nSPS) is 10.9. The van der Waals surface area contributed by atoms with Gasteiger partial charge in [0.1, 0.15) is 0 Å². The number of rotatable bonds is 1. The zero-order chi connectivity index (χ0) is 11.8. The number of aromatic nitrogens is 1. The van der Waals surface area contributed by atoms with Gasteiger partial charge in [-0.25, -0.2) is 0 Å². The van der Waals surface area contributed by atoms with E-state index < -0.39 is 0 Å². The Balaban J connectivity index is 2.24. The lowest BCUT2D eigenvalue weighted by atomic mass is 10.1. The van der Waals surface area contributed by atoms with Gasteiger partial charge in [-0.1, -0.05) is 53.5 Å². The van der Waals surface area contributed by atoms with Crippen molar-refractivity contribution in [2.24, 2.45) is 0 Å². The van der Waals surface area contributed by atoms with Gasteiger partial charge in [0.05, 0.1) is 10.5 Å². The van der Waals surface area contributed by atoms with Crippen molar-refractivity contribution in [1.82, 2.24) is 4.98 Å². The second-order valence-corrected chi connectivity index (χ2v) is 4.74. The van der Waals surface area contributed by atoms with E-state index in [2.05, 4.69) is 23.2 Å². The second-order valence-electron chi connectivity index (χ2n) is 3.90. The predicted molar refractivity (Wildman–Crippen MR) is 73.8 cm³/mol. The van der Waals surface area contributed by atoms with Crippen molar-refractivity contribution in [3.05, 3.63) is 58.6 Å². The summed E-state index contributed by atoms with van der Waals surface area (Å²) in [7, 11) is 0. The third kappa shape index (κ3) is 1.92. The highest BCUT2D eigenvalue weighted by Crippen LogP contribution is 2.31. The van der Waals surface area contributed by atoms with Gasteiger partial charge < -0.3 is 4.98 Å². The van der Waals surface area contributed by atoms with Crippen LogP contribution in [0.5, 0.6) is 0 Å². The fourth-order valence-corrected chi connectivity index (χ4v) is 2.50. The van der Waals surface area contributed by atoms with Crippen LogP contribution in [0.1, 0.15) is 0 Å². The first-order valence-corrected chi connectivity index (χ1v) is 6.03. The Morgan fingerprint density at radius 2 is 1.65 bits per heavy atom. The zero-order valence-electron chi connectivity index (χ0n) is 8.87. The lowest BCUT2D eigenvalue weighted by Gasteiger charge is -1.96. The number of H-pyrrole nitrogens is 1. The van der Waals surface area contributed by atoms with E-state index in [1.165, 1.54) is 0 Å². The lowest BCUT2D eigenvalue weighted by molar-refractivity contribution is 1.45. The largest absolute Gasteiger partial charge is 0.353 e. The molecule has 2 aromatic carbocycles. The maximum atomic E-state index is 6.15. The van der Waals surface area contributed by atoms with Gasteiger partial charge in [0, 0.05) is 16.1 Å². The minimum absolute atomic E-state index is 0.648. The summed E-state index contributed by atoms with van der Waals surface area (Å²) in [5, 5.41) is 2.33. The molecule has 3 rings (SSSR count). The Morgan fingerprint density at radius 1 is 0.882 bits per heavy atom. The molecule has 0 saturated carbocycles. The molecule has 0 atom stereocenters. The quantitative estimate of drug-likeness (QED) is 0.624. The summed E-state index contributed by atoms with van der Waals surface area (Å²) >= 11 is 12.1. The molecular formula is C14H9Cl2N. The summed E-state index contributed by atoms with van der Waals surface area (Å²) in [5.41, 5.74) is 3.11. The minimum atomic E-state index is 0.648. The molecule has 0 aliphatic carbocycles. The van der Waals surface area contributed by atoms with Gasteiger partial charge in [0.2, 0.25) is 0 Å². The van der Waals surface area contributed by atoms with Crippen LogP contribution in [0.3, 0.4) is 0 Å². The van der Waals surface area contributed by atoms with Crippen molar-refractivity contribution >= 4 is 34.1 Å². The van der Waals surface area contributed by atoms with E-state index in [0.717, 1.165) is 22.2 Å². The Morgan fingerprint density at radius 3 is 2.41 bits per heavy atom. The molecule has 84 valence electrons. The molecule has 0 radical (unpaired) electrons. The summed E-state index contributed by atoms with van der Waals surface area (Å²) in [5.74, 6) is 0. The Bertz CT molecular complexity index is 671.